The van der Waals surface area contributed by atoms with Crippen molar-refractivity contribution in [2.45, 2.75) is 75.3 Å². The van der Waals surface area contributed by atoms with E-state index >= 15 is 0 Å². The number of rotatable bonds is 9. The molecule has 54 heavy (non-hydrogen) atoms. The van der Waals surface area contributed by atoms with Crippen LogP contribution < -0.4 is 15.4 Å². The Morgan fingerprint density at radius 2 is 1.57 bits per heavy atom. The summed E-state index contributed by atoms with van der Waals surface area (Å²) in [7, 11) is 0. The van der Waals surface area contributed by atoms with Gasteiger partial charge in [-0.15, -0.1) is 0 Å². The molecule has 4 aliphatic rings. The SMILES string of the molecule is O=C(O)/C=C/c1ccc(NC(=O)C2(NC(=O)c3ccc4c(C5CCCCC5)c(-c5ccccc5)n5c4c3OCC5C(=O)N3CCOCC3)CCCC2)cc1. The highest BCUT2D eigenvalue weighted by Crippen LogP contribution is 2.50. The highest BCUT2D eigenvalue weighted by molar-refractivity contribution is 6.09. The van der Waals surface area contributed by atoms with Crippen molar-refractivity contribution >= 4 is 46.4 Å². The van der Waals surface area contributed by atoms with Gasteiger partial charge in [-0.3, -0.25) is 14.4 Å². The summed E-state index contributed by atoms with van der Waals surface area (Å²) in [5.74, 6) is -1.02. The van der Waals surface area contributed by atoms with Crippen LogP contribution in [-0.2, 0) is 19.1 Å². The quantitative estimate of drug-likeness (QED) is 0.159. The molecule has 3 aromatic carbocycles. The van der Waals surface area contributed by atoms with Crippen molar-refractivity contribution in [3.8, 4) is 17.0 Å². The van der Waals surface area contributed by atoms with Crippen molar-refractivity contribution in [3.63, 3.8) is 0 Å². The second-order valence-electron chi connectivity index (χ2n) is 14.9. The molecule has 0 radical (unpaired) electrons. The number of nitrogens with zero attached hydrogens (tertiary/aromatic N) is 2. The molecule has 3 amide bonds. The lowest BCUT2D eigenvalue weighted by Gasteiger charge is -2.35. The fourth-order valence-electron chi connectivity index (χ4n) is 8.91. The van der Waals surface area contributed by atoms with Gasteiger partial charge in [0, 0.05) is 30.2 Å². The van der Waals surface area contributed by atoms with Crippen LogP contribution in [0.5, 0.6) is 5.75 Å². The molecule has 3 N–H and O–H groups in total. The Morgan fingerprint density at radius 1 is 0.852 bits per heavy atom. The van der Waals surface area contributed by atoms with Gasteiger partial charge in [-0.2, -0.15) is 0 Å². The summed E-state index contributed by atoms with van der Waals surface area (Å²) >= 11 is 0. The maximum absolute atomic E-state index is 14.5. The summed E-state index contributed by atoms with van der Waals surface area (Å²) in [4.78, 5) is 55.6. The van der Waals surface area contributed by atoms with E-state index in [-0.39, 0.29) is 18.4 Å². The fourth-order valence-corrected chi connectivity index (χ4v) is 8.91. The number of amides is 3. The molecule has 11 heteroatoms. The highest BCUT2D eigenvalue weighted by atomic mass is 16.5. The third-order valence-electron chi connectivity index (χ3n) is 11.6. The first-order valence-electron chi connectivity index (χ1n) is 19.2. The number of anilines is 1. The van der Waals surface area contributed by atoms with Crippen LogP contribution in [0, 0.1) is 0 Å². The van der Waals surface area contributed by atoms with Crippen LogP contribution >= 0.6 is 0 Å². The minimum atomic E-state index is -1.13. The predicted molar refractivity (Wildman–Crippen MR) is 206 cm³/mol. The molecule has 1 atom stereocenters. The van der Waals surface area contributed by atoms with E-state index in [0.717, 1.165) is 66.8 Å². The van der Waals surface area contributed by atoms with E-state index in [4.69, 9.17) is 14.6 Å². The molecule has 2 aliphatic carbocycles. The number of nitrogens with one attached hydrogen (secondary N) is 2. The number of hydrogen-bond acceptors (Lipinski definition) is 6. The Balaban J connectivity index is 1.19. The summed E-state index contributed by atoms with van der Waals surface area (Å²) in [6.07, 6.45) is 10.7. The average molecular weight is 731 g/mol. The zero-order chi connectivity index (χ0) is 37.2. The van der Waals surface area contributed by atoms with E-state index in [2.05, 4.69) is 27.3 Å². The molecule has 3 fully saturated rings. The number of aliphatic carboxylic acids is 1. The van der Waals surface area contributed by atoms with Crippen LogP contribution in [-0.4, -0.2) is 76.7 Å². The first kappa shape index (κ1) is 35.6. The van der Waals surface area contributed by atoms with Crippen LogP contribution in [0.15, 0.2) is 72.8 Å². The molecule has 2 saturated carbocycles. The zero-order valence-electron chi connectivity index (χ0n) is 30.4. The molecule has 8 rings (SSSR count). The molecular weight excluding hydrogens is 684 g/mol. The summed E-state index contributed by atoms with van der Waals surface area (Å²) in [6.45, 7) is 2.09. The fraction of sp³-hybridized carbons (Fsp3) is 0.395. The lowest BCUT2D eigenvalue weighted by molar-refractivity contribution is -0.140. The van der Waals surface area contributed by atoms with Crippen LogP contribution in [0.4, 0.5) is 5.69 Å². The van der Waals surface area contributed by atoms with Gasteiger partial charge in [0.25, 0.3) is 5.91 Å². The van der Waals surface area contributed by atoms with Crippen molar-refractivity contribution in [1.29, 1.82) is 0 Å². The van der Waals surface area contributed by atoms with Gasteiger partial charge < -0.3 is 34.7 Å². The van der Waals surface area contributed by atoms with Crippen molar-refractivity contribution in [2.24, 2.45) is 0 Å². The summed E-state index contributed by atoms with van der Waals surface area (Å²) in [5.41, 5.74) is 4.45. The van der Waals surface area contributed by atoms with E-state index in [1.54, 1.807) is 24.3 Å². The van der Waals surface area contributed by atoms with Crippen molar-refractivity contribution in [1.82, 2.24) is 14.8 Å². The number of aromatic nitrogens is 1. The third-order valence-corrected chi connectivity index (χ3v) is 11.6. The topological polar surface area (TPSA) is 139 Å². The molecule has 1 unspecified atom stereocenters. The van der Waals surface area contributed by atoms with Crippen molar-refractivity contribution in [3.05, 3.63) is 89.5 Å². The summed E-state index contributed by atoms with van der Waals surface area (Å²) in [5, 5.41) is 16.1. The molecule has 4 aromatic rings. The van der Waals surface area contributed by atoms with Gasteiger partial charge >= 0.3 is 5.97 Å². The molecule has 3 heterocycles. The maximum atomic E-state index is 14.5. The standard InChI is InChI=1S/C43H46N4O7/c48-35(49)20-15-28-13-16-31(17-14-28)44-42(52)43(21-7-8-22-43)45-40(50)33-19-18-32-36(29-9-3-1-4-10-29)37(30-11-5-2-6-12-30)47-34(27-54-39(33)38(32)47)41(51)46-23-25-53-26-24-46/h2,5-6,11-20,29,34H,1,3-4,7-10,21-27H2,(H,44,52)(H,45,50)(H,48,49)/b20-15+. The Kier molecular flexibility index (Phi) is 9.98. The van der Waals surface area contributed by atoms with E-state index in [9.17, 15) is 19.2 Å². The highest BCUT2D eigenvalue weighted by Gasteiger charge is 2.44. The van der Waals surface area contributed by atoms with Gasteiger partial charge in [0.05, 0.1) is 30.0 Å². The minimum Gasteiger partial charge on any atom is -0.488 e. The molecular formula is C43H46N4O7. The van der Waals surface area contributed by atoms with Gasteiger partial charge in [0.1, 0.15) is 18.2 Å². The van der Waals surface area contributed by atoms with Crippen LogP contribution in [0.25, 0.3) is 28.2 Å². The number of morpholine rings is 1. The van der Waals surface area contributed by atoms with Gasteiger partial charge in [0.15, 0.2) is 5.75 Å². The Bertz CT molecular complexity index is 2090. The zero-order valence-corrected chi connectivity index (χ0v) is 30.4. The van der Waals surface area contributed by atoms with E-state index < -0.39 is 23.5 Å². The molecule has 0 spiro atoms. The number of carboxylic acids is 1. The average Bonchev–Trinajstić information content (AvgIpc) is 3.83. The van der Waals surface area contributed by atoms with Crippen LogP contribution in [0.3, 0.4) is 0 Å². The van der Waals surface area contributed by atoms with E-state index in [0.29, 0.717) is 67.6 Å². The van der Waals surface area contributed by atoms with Gasteiger partial charge in [0.2, 0.25) is 11.8 Å². The third kappa shape index (κ3) is 6.77. The molecule has 0 bridgehead atoms. The van der Waals surface area contributed by atoms with Crippen LogP contribution in [0.2, 0.25) is 0 Å². The van der Waals surface area contributed by atoms with E-state index in [1.165, 1.54) is 18.1 Å². The second-order valence-corrected chi connectivity index (χ2v) is 14.9. The second kappa shape index (κ2) is 15.1. The van der Waals surface area contributed by atoms with Crippen molar-refractivity contribution < 1.29 is 33.8 Å². The number of carbonyl (C=O) groups excluding carboxylic acids is 3. The lowest BCUT2D eigenvalue weighted by atomic mass is 9.81. The first-order chi connectivity index (χ1) is 26.3. The minimum absolute atomic E-state index is 0.0180. The van der Waals surface area contributed by atoms with Gasteiger partial charge in [-0.1, -0.05) is 80.6 Å². The smallest absolute Gasteiger partial charge is 0.328 e. The summed E-state index contributed by atoms with van der Waals surface area (Å²) < 4.78 is 14.3. The molecule has 2 aliphatic heterocycles. The summed E-state index contributed by atoms with van der Waals surface area (Å²) in [6, 6.07) is 20.4. The maximum Gasteiger partial charge on any atom is 0.328 e. The normalized spacial score (nSPS) is 19.8. The number of benzene rings is 3. The lowest BCUT2D eigenvalue weighted by Crippen LogP contribution is -2.55. The Morgan fingerprint density at radius 3 is 2.28 bits per heavy atom. The number of hydrogen-bond donors (Lipinski definition) is 3. The number of carboxylic acid groups (broad SMARTS) is 1. The predicted octanol–water partition coefficient (Wildman–Crippen LogP) is 6.93. The monoisotopic (exact) mass is 730 g/mol. The molecule has 1 aromatic heterocycles. The van der Waals surface area contributed by atoms with Gasteiger partial charge in [-0.05, 0) is 72.6 Å². The first-order valence-corrected chi connectivity index (χ1v) is 19.2. The largest absolute Gasteiger partial charge is 0.488 e. The van der Waals surface area contributed by atoms with Crippen LogP contribution in [0.1, 0.15) is 91.2 Å². The van der Waals surface area contributed by atoms with Gasteiger partial charge in [-0.25, -0.2) is 4.79 Å². The Labute approximate surface area is 314 Å². The Hall–Kier alpha value is -5.42. The molecule has 11 nitrogen and oxygen atoms in total. The van der Waals surface area contributed by atoms with E-state index in [1.807, 2.05) is 35.2 Å². The number of carbonyl (C=O) groups is 4. The molecule has 1 saturated heterocycles. The number of ether oxygens (including phenoxy) is 2. The molecule has 280 valence electrons. The van der Waals surface area contributed by atoms with Crippen molar-refractivity contribution in [2.75, 3.05) is 38.2 Å².